The Morgan fingerprint density at radius 3 is 2.38 bits per heavy atom. The van der Waals surface area contributed by atoms with Gasteiger partial charge in [0.15, 0.2) is 5.60 Å². The highest BCUT2D eigenvalue weighted by Gasteiger charge is 2.48. The minimum atomic E-state index is -1.30. The number of nitrogens with zero attached hydrogens (tertiary/aromatic N) is 1. The van der Waals surface area contributed by atoms with Crippen LogP contribution in [0.4, 0.5) is 4.79 Å². The lowest BCUT2D eigenvalue weighted by atomic mass is 9.97. The van der Waals surface area contributed by atoms with Gasteiger partial charge in [0, 0.05) is 29.2 Å². The number of halogens is 1. The van der Waals surface area contributed by atoms with Crippen molar-refractivity contribution < 1.29 is 28.6 Å². The van der Waals surface area contributed by atoms with Crippen LogP contribution in [0.1, 0.15) is 49.0 Å². The summed E-state index contributed by atoms with van der Waals surface area (Å²) in [7, 11) is 0. The number of fused-ring (bicyclic) bond motifs is 2. The molecule has 2 saturated heterocycles. The molecule has 37 heavy (non-hydrogen) atoms. The summed E-state index contributed by atoms with van der Waals surface area (Å²) >= 11 is 5.85. The maximum absolute atomic E-state index is 12.6. The van der Waals surface area contributed by atoms with Crippen LogP contribution in [0, 0.1) is 0 Å². The molecule has 2 aromatic rings. The van der Waals surface area contributed by atoms with Gasteiger partial charge in [0.2, 0.25) is 6.79 Å². The summed E-state index contributed by atoms with van der Waals surface area (Å²) in [4.78, 5) is 38.8. The average molecular weight is 530 g/mol. The third kappa shape index (κ3) is 6.53. The van der Waals surface area contributed by atoms with Crippen molar-refractivity contribution in [3.63, 3.8) is 0 Å². The SMILES string of the molecule is CC(C)(Oc1ccc(CCNC(=O)c2ccc(Cl)cc2)cc1)C(=O)OCOC(=O)N1C2CCC1[C@@H](N)C2. The number of rotatable bonds is 9. The van der Waals surface area contributed by atoms with Crippen molar-refractivity contribution in [2.75, 3.05) is 13.3 Å². The first-order valence-corrected chi connectivity index (χ1v) is 12.7. The topological polar surface area (TPSA) is 120 Å². The zero-order valence-electron chi connectivity index (χ0n) is 20.9. The van der Waals surface area contributed by atoms with Crippen LogP contribution >= 0.6 is 11.6 Å². The van der Waals surface area contributed by atoms with Crippen LogP contribution in [-0.2, 0) is 20.7 Å². The van der Waals surface area contributed by atoms with Crippen LogP contribution < -0.4 is 15.8 Å². The largest absolute Gasteiger partial charge is 0.476 e. The van der Waals surface area contributed by atoms with E-state index in [1.54, 1.807) is 55.1 Å². The van der Waals surface area contributed by atoms with E-state index in [2.05, 4.69) is 5.32 Å². The van der Waals surface area contributed by atoms with E-state index < -0.39 is 24.5 Å². The molecule has 2 aliphatic heterocycles. The number of carbonyl (C=O) groups is 3. The Bertz CT molecular complexity index is 1120. The molecule has 0 saturated carbocycles. The van der Waals surface area contributed by atoms with Crippen molar-refractivity contribution in [3.8, 4) is 5.75 Å². The van der Waals surface area contributed by atoms with Gasteiger partial charge >= 0.3 is 12.1 Å². The van der Waals surface area contributed by atoms with Crippen LogP contribution in [0.15, 0.2) is 48.5 Å². The number of hydrogen-bond donors (Lipinski definition) is 2. The smallest absolute Gasteiger partial charge is 0.413 e. The molecule has 2 fully saturated rings. The van der Waals surface area contributed by atoms with E-state index >= 15 is 0 Å². The number of carbonyl (C=O) groups excluding carboxylic acids is 3. The van der Waals surface area contributed by atoms with Gasteiger partial charge in [-0.25, -0.2) is 9.59 Å². The molecule has 0 aromatic heterocycles. The number of nitrogens with one attached hydrogen (secondary N) is 1. The van der Waals surface area contributed by atoms with Gasteiger partial charge in [0.1, 0.15) is 5.75 Å². The minimum Gasteiger partial charge on any atom is -0.476 e. The van der Waals surface area contributed by atoms with Gasteiger partial charge in [-0.15, -0.1) is 0 Å². The Morgan fingerprint density at radius 2 is 1.76 bits per heavy atom. The normalized spacial score (nSPS) is 20.4. The fourth-order valence-corrected chi connectivity index (χ4v) is 4.91. The van der Waals surface area contributed by atoms with Gasteiger partial charge in [-0.2, -0.15) is 0 Å². The fourth-order valence-electron chi connectivity index (χ4n) is 4.79. The van der Waals surface area contributed by atoms with E-state index in [-0.39, 0.29) is 24.0 Å². The standard InChI is InChI=1S/C27H32ClN3O6/c1-27(2,25(33)35-16-36-26(34)31-20-9-12-23(31)22(29)15-20)37-21-10-3-17(4-11-21)13-14-30-24(32)18-5-7-19(28)8-6-18/h3-8,10-11,20,22-23H,9,12-16,29H2,1-2H3,(H,30,32)/t20?,22-,23?/m0/s1. The van der Waals surface area contributed by atoms with Crippen LogP contribution in [0.3, 0.4) is 0 Å². The van der Waals surface area contributed by atoms with Crippen LogP contribution in [0.2, 0.25) is 5.02 Å². The zero-order chi connectivity index (χ0) is 26.6. The molecular weight excluding hydrogens is 498 g/mol. The molecule has 3 atom stereocenters. The summed E-state index contributed by atoms with van der Waals surface area (Å²) in [6.45, 7) is 3.13. The predicted molar refractivity (Wildman–Crippen MR) is 137 cm³/mol. The van der Waals surface area contributed by atoms with Gasteiger partial charge in [0.05, 0.1) is 6.04 Å². The second kappa shape index (κ2) is 11.4. The number of benzene rings is 2. The summed E-state index contributed by atoms with van der Waals surface area (Å²) in [6, 6.07) is 14.0. The van der Waals surface area contributed by atoms with Crippen molar-refractivity contribution in [2.24, 2.45) is 5.73 Å². The van der Waals surface area contributed by atoms with Gasteiger partial charge < -0.3 is 30.2 Å². The van der Waals surface area contributed by atoms with E-state index in [4.69, 9.17) is 31.5 Å². The Kier molecular flexibility index (Phi) is 8.24. The lowest BCUT2D eigenvalue weighted by Crippen LogP contribution is -2.42. The third-order valence-electron chi connectivity index (χ3n) is 6.76. The van der Waals surface area contributed by atoms with Gasteiger partial charge in [0.25, 0.3) is 5.91 Å². The molecule has 10 heteroatoms. The van der Waals surface area contributed by atoms with Crippen LogP contribution in [-0.4, -0.2) is 59.9 Å². The van der Waals surface area contributed by atoms with E-state index in [0.29, 0.717) is 29.3 Å². The molecule has 4 rings (SSSR count). The predicted octanol–water partition coefficient (Wildman–Crippen LogP) is 3.67. The zero-order valence-corrected chi connectivity index (χ0v) is 21.7. The third-order valence-corrected chi connectivity index (χ3v) is 7.01. The first kappa shape index (κ1) is 26.8. The molecule has 2 amide bonds. The van der Waals surface area contributed by atoms with Crippen molar-refractivity contribution in [1.82, 2.24) is 10.2 Å². The van der Waals surface area contributed by atoms with E-state index in [1.807, 2.05) is 12.1 Å². The second-order valence-electron chi connectivity index (χ2n) is 9.83. The first-order chi connectivity index (χ1) is 17.6. The highest BCUT2D eigenvalue weighted by atomic mass is 35.5. The molecule has 0 spiro atoms. The molecule has 9 nitrogen and oxygen atoms in total. The quantitative estimate of drug-likeness (QED) is 0.375. The van der Waals surface area contributed by atoms with Crippen molar-refractivity contribution >= 4 is 29.6 Å². The highest BCUT2D eigenvalue weighted by Crippen LogP contribution is 2.37. The number of hydrogen-bond acceptors (Lipinski definition) is 7. The van der Waals surface area contributed by atoms with Gasteiger partial charge in [-0.3, -0.25) is 4.79 Å². The number of esters is 1. The minimum absolute atomic E-state index is 0.00398. The number of nitrogens with two attached hydrogens (primary N) is 1. The molecule has 2 bridgehead atoms. The Hall–Kier alpha value is -3.30. The molecule has 198 valence electrons. The van der Waals surface area contributed by atoms with Crippen LogP contribution in [0.5, 0.6) is 5.75 Å². The van der Waals surface area contributed by atoms with E-state index in [9.17, 15) is 14.4 Å². The summed E-state index contributed by atoms with van der Waals surface area (Å²) < 4.78 is 16.2. The second-order valence-corrected chi connectivity index (χ2v) is 10.3. The average Bonchev–Trinajstić information content (AvgIpc) is 3.42. The van der Waals surface area contributed by atoms with E-state index in [1.165, 1.54) is 0 Å². The maximum atomic E-state index is 12.6. The van der Waals surface area contributed by atoms with Crippen molar-refractivity contribution in [1.29, 1.82) is 0 Å². The molecule has 2 aromatic carbocycles. The Labute approximate surface area is 221 Å². The molecular formula is C27H32ClN3O6. The molecule has 0 radical (unpaired) electrons. The fraction of sp³-hybridized carbons (Fsp3) is 0.444. The highest BCUT2D eigenvalue weighted by molar-refractivity contribution is 6.30. The lowest BCUT2D eigenvalue weighted by molar-refractivity contribution is -0.168. The number of amides is 2. The van der Waals surface area contributed by atoms with Gasteiger partial charge in [-0.1, -0.05) is 23.7 Å². The number of ether oxygens (including phenoxy) is 3. The van der Waals surface area contributed by atoms with Crippen LogP contribution in [0.25, 0.3) is 0 Å². The molecule has 3 N–H and O–H groups in total. The molecule has 2 heterocycles. The van der Waals surface area contributed by atoms with Crippen molar-refractivity contribution in [2.45, 2.75) is 63.3 Å². The first-order valence-electron chi connectivity index (χ1n) is 12.3. The summed E-state index contributed by atoms with van der Waals surface area (Å²) in [5.41, 5.74) is 6.30. The van der Waals surface area contributed by atoms with E-state index in [0.717, 1.165) is 24.8 Å². The van der Waals surface area contributed by atoms with Gasteiger partial charge in [-0.05, 0) is 81.5 Å². The Morgan fingerprint density at radius 1 is 1.05 bits per heavy atom. The molecule has 2 aliphatic rings. The monoisotopic (exact) mass is 529 g/mol. The Balaban J connectivity index is 1.19. The lowest BCUT2D eigenvalue weighted by Gasteiger charge is -2.25. The summed E-state index contributed by atoms with van der Waals surface area (Å²) in [5, 5.41) is 3.45. The molecule has 0 aliphatic carbocycles. The maximum Gasteiger partial charge on any atom is 0.413 e. The summed E-state index contributed by atoms with van der Waals surface area (Å²) in [6.07, 6.45) is 2.69. The summed E-state index contributed by atoms with van der Waals surface area (Å²) in [5.74, 6) is -0.343. The molecule has 2 unspecified atom stereocenters. The van der Waals surface area contributed by atoms with Crippen molar-refractivity contribution in [3.05, 3.63) is 64.7 Å².